The Kier molecular flexibility index (Phi) is 4.15. The van der Waals surface area contributed by atoms with Crippen molar-refractivity contribution in [3.05, 3.63) is 58.6 Å². The molecule has 1 amide bonds. The first-order chi connectivity index (χ1) is 9.49. The zero-order valence-electron chi connectivity index (χ0n) is 10.8. The monoisotopic (exact) mass is 291 g/mol. The number of nitrogens with one attached hydrogen (secondary N) is 1. The molecule has 0 spiro atoms. The molecule has 2 aromatic rings. The molecule has 3 N–H and O–H groups in total. The highest BCUT2D eigenvalue weighted by Gasteiger charge is 2.14. The van der Waals surface area contributed by atoms with Gasteiger partial charge in [0.15, 0.2) is 11.5 Å². The van der Waals surface area contributed by atoms with Gasteiger partial charge < -0.3 is 15.5 Å². The van der Waals surface area contributed by atoms with Crippen molar-refractivity contribution in [3.8, 4) is 11.5 Å². The summed E-state index contributed by atoms with van der Waals surface area (Å²) in [4.78, 5) is 12.1. The van der Waals surface area contributed by atoms with Crippen molar-refractivity contribution in [3.63, 3.8) is 0 Å². The average molecular weight is 292 g/mol. The Bertz CT molecular complexity index is 643. The van der Waals surface area contributed by atoms with E-state index in [1.807, 2.05) is 25.1 Å². The maximum Gasteiger partial charge on any atom is 0.251 e. The largest absolute Gasteiger partial charge is 0.504 e. The number of benzene rings is 2. The second-order valence-electron chi connectivity index (χ2n) is 4.42. The molecule has 0 fully saturated rings. The van der Waals surface area contributed by atoms with Crippen molar-refractivity contribution in [2.75, 3.05) is 0 Å². The molecule has 0 aromatic heterocycles. The lowest BCUT2D eigenvalue weighted by atomic mass is 10.1. The summed E-state index contributed by atoms with van der Waals surface area (Å²) in [5.74, 6) is -0.948. The van der Waals surface area contributed by atoms with Crippen LogP contribution in [-0.4, -0.2) is 16.1 Å². The number of rotatable bonds is 3. The van der Waals surface area contributed by atoms with Crippen molar-refractivity contribution in [2.24, 2.45) is 0 Å². The summed E-state index contributed by atoms with van der Waals surface area (Å²) in [5.41, 5.74) is 1.07. The molecule has 2 rings (SSSR count). The van der Waals surface area contributed by atoms with Crippen LogP contribution in [0.4, 0.5) is 0 Å². The fourth-order valence-electron chi connectivity index (χ4n) is 1.85. The van der Waals surface area contributed by atoms with Crippen molar-refractivity contribution < 1.29 is 15.0 Å². The van der Waals surface area contributed by atoms with Gasteiger partial charge in [0.25, 0.3) is 5.91 Å². The Morgan fingerprint density at radius 3 is 2.50 bits per heavy atom. The molecule has 0 heterocycles. The van der Waals surface area contributed by atoms with E-state index in [1.54, 1.807) is 6.07 Å². The Hall–Kier alpha value is -2.20. The molecule has 4 nitrogen and oxygen atoms in total. The zero-order valence-corrected chi connectivity index (χ0v) is 11.6. The minimum Gasteiger partial charge on any atom is -0.504 e. The quantitative estimate of drug-likeness (QED) is 0.760. The lowest BCUT2D eigenvalue weighted by Gasteiger charge is -2.15. The third kappa shape index (κ3) is 3.03. The zero-order chi connectivity index (χ0) is 14.7. The van der Waals surface area contributed by atoms with E-state index >= 15 is 0 Å². The van der Waals surface area contributed by atoms with E-state index in [0.717, 1.165) is 5.56 Å². The fraction of sp³-hybridized carbons (Fsp3) is 0.133. The first-order valence-corrected chi connectivity index (χ1v) is 6.44. The SMILES string of the molecule is CC(NC(=O)c1ccc(O)c(O)c1)c1ccccc1Cl. The highest BCUT2D eigenvalue weighted by molar-refractivity contribution is 6.31. The summed E-state index contributed by atoms with van der Waals surface area (Å²) >= 11 is 6.07. The van der Waals surface area contributed by atoms with Gasteiger partial charge in [-0.05, 0) is 36.8 Å². The van der Waals surface area contributed by atoms with Gasteiger partial charge in [-0.15, -0.1) is 0 Å². The minimum atomic E-state index is -0.354. The summed E-state index contributed by atoms with van der Waals surface area (Å²) in [6.45, 7) is 1.82. The van der Waals surface area contributed by atoms with Crippen LogP contribution in [0, 0.1) is 0 Å². The molecule has 5 heteroatoms. The number of halogens is 1. The third-order valence-electron chi connectivity index (χ3n) is 2.96. The molecular weight excluding hydrogens is 278 g/mol. The lowest BCUT2D eigenvalue weighted by molar-refractivity contribution is 0.0939. The number of phenols is 2. The molecule has 0 saturated heterocycles. The van der Waals surface area contributed by atoms with Gasteiger partial charge in [-0.25, -0.2) is 0 Å². The van der Waals surface area contributed by atoms with Crippen LogP contribution in [0.5, 0.6) is 11.5 Å². The van der Waals surface area contributed by atoms with Gasteiger partial charge in [-0.3, -0.25) is 4.79 Å². The molecule has 2 aromatic carbocycles. The van der Waals surface area contributed by atoms with E-state index in [2.05, 4.69) is 5.32 Å². The van der Waals surface area contributed by atoms with Crippen LogP contribution in [0.1, 0.15) is 28.9 Å². The smallest absolute Gasteiger partial charge is 0.251 e. The summed E-state index contributed by atoms with van der Waals surface area (Å²) in [7, 11) is 0. The van der Waals surface area contributed by atoms with Crippen LogP contribution in [0.25, 0.3) is 0 Å². The number of hydrogen-bond donors (Lipinski definition) is 3. The van der Waals surface area contributed by atoms with Crippen LogP contribution in [0.3, 0.4) is 0 Å². The van der Waals surface area contributed by atoms with Crippen LogP contribution in [-0.2, 0) is 0 Å². The number of hydrogen-bond acceptors (Lipinski definition) is 3. The van der Waals surface area contributed by atoms with Crippen LogP contribution >= 0.6 is 11.6 Å². The lowest BCUT2D eigenvalue weighted by Crippen LogP contribution is -2.26. The van der Waals surface area contributed by atoms with E-state index < -0.39 is 0 Å². The molecule has 0 aliphatic heterocycles. The number of aromatic hydroxyl groups is 2. The standard InChI is InChI=1S/C15H14ClNO3/c1-9(11-4-2-3-5-12(11)16)17-15(20)10-6-7-13(18)14(19)8-10/h2-9,18-19H,1H3,(H,17,20). The first kappa shape index (κ1) is 14.2. The number of carbonyl (C=O) groups is 1. The summed E-state index contributed by atoms with van der Waals surface area (Å²) < 4.78 is 0. The summed E-state index contributed by atoms with van der Waals surface area (Å²) in [6.07, 6.45) is 0. The van der Waals surface area contributed by atoms with Gasteiger partial charge >= 0.3 is 0 Å². The van der Waals surface area contributed by atoms with E-state index in [9.17, 15) is 15.0 Å². The second-order valence-corrected chi connectivity index (χ2v) is 4.83. The molecular formula is C15H14ClNO3. The van der Waals surface area contributed by atoms with Crippen LogP contribution in [0.2, 0.25) is 5.02 Å². The van der Waals surface area contributed by atoms with Crippen LogP contribution in [0.15, 0.2) is 42.5 Å². The van der Waals surface area contributed by atoms with E-state index in [0.29, 0.717) is 5.02 Å². The number of phenolic OH excluding ortho intramolecular Hbond substituents is 2. The van der Waals surface area contributed by atoms with Crippen molar-refractivity contribution in [2.45, 2.75) is 13.0 Å². The van der Waals surface area contributed by atoms with Gasteiger partial charge in [-0.2, -0.15) is 0 Å². The van der Waals surface area contributed by atoms with E-state index in [-0.39, 0.29) is 29.0 Å². The van der Waals surface area contributed by atoms with Crippen molar-refractivity contribution in [1.82, 2.24) is 5.32 Å². The predicted octanol–water partition coefficient (Wildman–Crippen LogP) is 3.24. The van der Waals surface area contributed by atoms with Gasteiger partial charge in [0, 0.05) is 10.6 Å². The first-order valence-electron chi connectivity index (χ1n) is 6.06. The molecule has 1 unspecified atom stereocenters. The Labute approximate surface area is 121 Å². The van der Waals surface area contributed by atoms with Gasteiger partial charge in [0.1, 0.15) is 0 Å². The Morgan fingerprint density at radius 2 is 1.85 bits per heavy atom. The van der Waals surface area contributed by atoms with Gasteiger partial charge in [-0.1, -0.05) is 29.8 Å². The highest BCUT2D eigenvalue weighted by atomic mass is 35.5. The van der Waals surface area contributed by atoms with E-state index in [1.165, 1.54) is 18.2 Å². The summed E-state index contributed by atoms with van der Waals surface area (Å²) in [5, 5.41) is 22.0. The maximum absolute atomic E-state index is 12.1. The number of amides is 1. The number of carbonyl (C=O) groups excluding carboxylic acids is 1. The molecule has 20 heavy (non-hydrogen) atoms. The summed E-state index contributed by atoms with van der Waals surface area (Å²) in [6, 6.07) is 10.9. The Balaban J connectivity index is 2.15. The molecule has 1 atom stereocenters. The van der Waals surface area contributed by atoms with Gasteiger partial charge in [0.2, 0.25) is 0 Å². The Morgan fingerprint density at radius 1 is 1.15 bits per heavy atom. The van der Waals surface area contributed by atoms with Crippen LogP contribution < -0.4 is 5.32 Å². The van der Waals surface area contributed by atoms with Crippen molar-refractivity contribution in [1.29, 1.82) is 0 Å². The predicted molar refractivity (Wildman–Crippen MR) is 77.1 cm³/mol. The fourth-order valence-corrected chi connectivity index (χ4v) is 2.15. The molecule has 0 aliphatic carbocycles. The molecule has 0 radical (unpaired) electrons. The van der Waals surface area contributed by atoms with Gasteiger partial charge in [0.05, 0.1) is 6.04 Å². The second kappa shape index (κ2) is 5.84. The highest BCUT2D eigenvalue weighted by Crippen LogP contribution is 2.26. The van der Waals surface area contributed by atoms with Crippen molar-refractivity contribution >= 4 is 17.5 Å². The average Bonchev–Trinajstić information content (AvgIpc) is 2.42. The normalized spacial score (nSPS) is 11.9. The molecule has 0 bridgehead atoms. The third-order valence-corrected chi connectivity index (χ3v) is 3.30. The topological polar surface area (TPSA) is 69.6 Å². The molecule has 0 aliphatic rings. The molecule has 0 saturated carbocycles. The maximum atomic E-state index is 12.1. The van der Waals surface area contributed by atoms with E-state index in [4.69, 9.17) is 11.6 Å². The molecule has 104 valence electrons. The minimum absolute atomic E-state index is 0.263.